The van der Waals surface area contributed by atoms with Gasteiger partial charge in [-0.05, 0) is 35.9 Å². The predicted molar refractivity (Wildman–Crippen MR) is 167 cm³/mol. The van der Waals surface area contributed by atoms with Crippen LogP contribution in [0.4, 0.5) is 18.9 Å². The molecule has 18 nitrogen and oxygen atoms in total. The largest absolute Gasteiger partial charge is 0.741 e. The molecule has 1 aromatic carbocycles. The fourth-order valence-corrected chi connectivity index (χ4v) is 4.40. The van der Waals surface area contributed by atoms with Crippen LogP contribution >= 0.6 is 0 Å². The molecule has 1 heterocycles. The molecule has 2 rings (SSSR count). The monoisotopic (exact) mass is 727 g/mol. The van der Waals surface area contributed by atoms with Crippen LogP contribution in [0.2, 0.25) is 0 Å². The van der Waals surface area contributed by atoms with Gasteiger partial charge < -0.3 is 47.9 Å². The van der Waals surface area contributed by atoms with E-state index < -0.39 is 83.3 Å². The van der Waals surface area contributed by atoms with Gasteiger partial charge in [-0.3, -0.25) is 33.8 Å². The van der Waals surface area contributed by atoms with Gasteiger partial charge in [-0.2, -0.15) is 13.2 Å². The zero-order valence-corrected chi connectivity index (χ0v) is 27.3. The molecule has 10 N–H and O–H groups in total. The lowest BCUT2D eigenvalue weighted by molar-refractivity contribution is -0.129. The molecular formula is C25H36F3N9O9S2. The van der Waals surface area contributed by atoms with Gasteiger partial charge in [-0.15, -0.1) is 0 Å². The van der Waals surface area contributed by atoms with E-state index in [2.05, 4.69) is 36.9 Å². The normalized spacial score (nSPS) is 17.3. The maximum Gasteiger partial charge on any atom is 0.485 e. The topological polar surface area (TPSA) is 296 Å². The maximum atomic E-state index is 13.2. The number of carbonyl (C=O) groups is 6. The van der Waals surface area contributed by atoms with Crippen molar-refractivity contribution in [2.24, 2.45) is 16.5 Å². The molecular weight excluding hydrogens is 691 g/mol. The molecule has 0 radical (unpaired) electrons. The minimum Gasteiger partial charge on any atom is -0.741 e. The Bertz CT molecular complexity index is 1490. The highest BCUT2D eigenvalue weighted by Gasteiger charge is 2.37. The number of hydrogen-bond donors (Lipinski definition) is 8. The number of alkyl halides is 3. The number of halogens is 3. The van der Waals surface area contributed by atoms with Gasteiger partial charge in [-0.1, -0.05) is 6.07 Å². The summed E-state index contributed by atoms with van der Waals surface area (Å²) in [6.07, 6.45) is 4.57. The van der Waals surface area contributed by atoms with Crippen LogP contribution in [0.5, 0.6) is 0 Å². The summed E-state index contributed by atoms with van der Waals surface area (Å²) in [5.41, 5.74) is 6.34. The second kappa shape index (κ2) is 19.2. The van der Waals surface area contributed by atoms with Crippen LogP contribution in [0.15, 0.2) is 23.2 Å². The van der Waals surface area contributed by atoms with Crippen LogP contribution in [0, 0.1) is 0 Å². The Labute approximate surface area is 275 Å². The highest BCUT2D eigenvalue weighted by molar-refractivity contribution is 7.94. The maximum absolute atomic E-state index is 13.2. The molecule has 6 amide bonds. The third-order valence-corrected chi connectivity index (χ3v) is 7.15. The van der Waals surface area contributed by atoms with Crippen molar-refractivity contribution in [3.63, 3.8) is 0 Å². The lowest BCUT2D eigenvalue weighted by Gasteiger charge is -2.19. The van der Waals surface area contributed by atoms with Crippen molar-refractivity contribution < 1.29 is 54.9 Å². The number of guanidine groups is 1. The average molecular weight is 728 g/mol. The molecule has 0 aliphatic carbocycles. The molecule has 0 spiro atoms. The molecule has 0 fully saturated rings. The number of amides is 6. The number of carbonyl (C=O) groups excluding carboxylic acids is 6. The molecule has 1 aromatic rings. The minimum atomic E-state index is -6.09. The summed E-state index contributed by atoms with van der Waals surface area (Å²) in [5.74, 6) is -3.15. The molecule has 0 unspecified atom stereocenters. The highest BCUT2D eigenvalue weighted by Crippen LogP contribution is 2.21. The van der Waals surface area contributed by atoms with Gasteiger partial charge in [0.05, 0.1) is 38.7 Å². The van der Waals surface area contributed by atoms with Crippen molar-refractivity contribution in [1.29, 1.82) is 0 Å². The SMILES string of the molecule is C[S+](C)Cc1ccc2cc1C(=O)NCC(=O)NCC(=O)NCC(=O)NCC(=O)N[C@@H](CCCN=C(N)N)C(=O)N2.O=S(=O)([O-])C(F)(F)F. The summed E-state index contributed by atoms with van der Waals surface area (Å²) in [5, 5.41) is 14.8. The molecule has 1 atom stereocenters. The zero-order valence-electron chi connectivity index (χ0n) is 25.7. The van der Waals surface area contributed by atoms with E-state index in [-0.39, 0.29) is 35.4 Å². The Kier molecular flexibility index (Phi) is 16.6. The van der Waals surface area contributed by atoms with Crippen molar-refractivity contribution in [3.8, 4) is 0 Å². The van der Waals surface area contributed by atoms with E-state index in [1.54, 1.807) is 12.1 Å². The number of nitrogens with zero attached hydrogens (tertiary/aromatic N) is 1. The molecule has 2 bridgehead atoms. The Hall–Kier alpha value is -4.64. The van der Waals surface area contributed by atoms with E-state index in [4.69, 9.17) is 24.4 Å². The first-order valence-electron chi connectivity index (χ1n) is 13.6. The third-order valence-electron chi connectivity index (χ3n) is 5.69. The van der Waals surface area contributed by atoms with Gasteiger partial charge in [0.2, 0.25) is 29.5 Å². The van der Waals surface area contributed by atoms with Crippen LogP contribution in [0.25, 0.3) is 0 Å². The quantitative estimate of drug-likeness (QED) is 0.0358. The number of benzene rings is 1. The van der Waals surface area contributed by atoms with Crippen molar-refractivity contribution >= 4 is 68.1 Å². The highest BCUT2D eigenvalue weighted by atomic mass is 32.2. The number of nitrogens with two attached hydrogens (primary N) is 2. The van der Waals surface area contributed by atoms with Gasteiger partial charge in [0.1, 0.15) is 11.8 Å². The molecule has 0 aromatic heterocycles. The molecule has 48 heavy (non-hydrogen) atoms. The fourth-order valence-electron chi connectivity index (χ4n) is 3.53. The van der Waals surface area contributed by atoms with Crippen LogP contribution in [-0.2, 0) is 50.7 Å². The Morgan fingerprint density at radius 2 is 1.42 bits per heavy atom. The third kappa shape index (κ3) is 16.3. The molecule has 1 aliphatic rings. The number of hydrogen-bond acceptors (Lipinski definition) is 10. The number of aliphatic imine (C=N–C) groups is 1. The zero-order chi connectivity index (χ0) is 36.7. The Morgan fingerprint density at radius 1 is 0.917 bits per heavy atom. The summed E-state index contributed by atoms with van der Waals surface area (Å²) in [7, 11) is -6.14. The molecule has 0 saturated heterocycles. The van der Waals surface area contributed by atoms with E-state index in [0.29, 0.717) is 17.9 Å². The lowest BCUT2D eigenvalue weighted by atomic mass is 10.1. The van der Waals surface area contributed by atoms with Crippen LogP contribution in [0.3, 0.4) is 0 Å². The second-order valence-corrected chi connectivity index (χ2v) is 13.6. The number of fused-ring (bicyclic) bond motifs is 2. The van der Waals surface area contributed by atoms with Gasteiger partial charge in [0.15, 0.2) is 16.1 Å². The smallest absolute Gasteiger partial charge is 0.485 e. The summed E-state index contributed by atoms with van der Waals surface area (Å²) >= 11 is 0. The van der Waals surface area contributed by atoms with Crippen molar-refractivity contribution in [2.45, 2.75) is 30.1 Å². The van der Waals surface area contributed by atoms with E-state index >= 15 is 0 Å². The number of nitrogens with one attached hydrogen (secondary N) is 6. The van der Waals surface area contributed by atoms with Crippen molar-refractivity contribution in [1.82, 2.24) is 26.6 Å². The molecule has 268 valence electrons. The van der Waals surface area contributed by atoms with Gasteiger partial charge in [0.25, 0.3) is 5.91 Å². The summed E-state index contributed by atoms with van der Waals surface area (Å²) < 4.78 is 58.9. The second-order valence-electron chi connectivity index (χ2n) is 9.97. The summed E-state index contributed by atoms with van der Waals surface area (Å²) in [4.78, 5) is 78.7. The standard InChI is InChI=1S/C24H35N9O6S.CHF3O3S/c1-40(2)13-14-5-6-15-8-16(14)22(38)31-11-20(36)29-9-18(34)28-10-19(35)30-12-21(37)33-17(23(39)32-15)4-3-7-27-24(25)26;2-1(3,4)8(5,6)7/h5-6,8,17H,3-4,7,9-13H2,1-2H3,(H9-,25,26,27,28,29,30,31,32,33,34,35,36,37,38,39);(H,5,6,7)/t17-;/m0./s1. The fraction of sp³-hybridized carbons (Fsp3) is 0.480. The number of rotatable bonds is 6. The Balaban J connectivity index is 0.00000127. The van der Waals surface area contributed by atoms with E-state index in [0.717, 1.165) is 5.56 Å². The van der Waals surface area contributed by atoms with Crippen molar-refractivity contribution in [3.05, 3.63) is 29.3 Å². The first-order valence-corrected chi connectivity index (χ1v) is 17.2. The molecule has 23 heteroatoms. The van der Waals surface area contributed by atoms with E-state index in [1.165, 1.54) is 6.07 Å². The van der Waals surface area contributed by atoms with E-state index in [9.17, 15) is 41.9 Å². The first-order chi connectivity index (χ1) is 22.2. The van der Waals surface area contributed by atoms with Crippen molar-refractivity contribution in [2.75, 3.05) is 50.6 Å². The summed E-state index contributed by atoms with van der Waals surface area (Å²) in [6, 6.07) is 3.85. The van der Waals surface area contributed by atoms with Gasteiger partial charge >= 0.3 is 5.51 Å². The molecule has 0 saturated carbocycles. The van der Waals surface area contributed by atoms with Crippen LogP contribution in [0.1, 0.15) is 28.8 Å². The summed E-state index contributed by atoms with van der Waals surface area (Å²) in [6.45, 7) is -1.46. The predicted octanol–water partition coefficient (Wildman–Crippen LogP) is -3.32. The van der Waals surface area contributed by atoms with E-state index in [1.807, 2.05) is 12.5 Å². The average Bonchev–Trinajstić information content (AvgIpc) is 2.97. The Morgan fingerprint density at radius 3 is 1.90 bits per heavy atom. The van der Waals surface area contributed by atoms with Crippen LogP contribution < -0.4 is 43.4 Å². The van der Waals surface area contributed by atoms with Crippen LogP contribution in [-0.4, -0.2) is 111 Å². The minimum absolute atomic E-state index is 0.0512. The van der Waals surface area contributed by atoms with Gasteiger partial charge in [-0.25, -0.2) is 8.42 Å². The first kappa shape index (κ1) is 41.4. The number of anilines is 1. The van der Waals surface area contributed by atoms with Gasteiger partial charge in [0, 0.05) is 23.4 Å². The lowest BCUT2D eigenvalue weighted by Crippen LogP contribution is -2.49. The molecule has 1 aliphatic heterocycles.